The van der Waals surface area contributed by atoms with Gasteiger partial charge in [0.25, 0.3) is 22.2 Å². The number of nitrogens with zero attached hydrogens (tertiary/aromatic N) is 16. The Morgan fingerprint density at radius 1 is 0.450 bits per heavy atom. The SMILES string of the molecule is Cc1cc2nc3c(=O)[nH]c(=O)nc-3n(CC(=O)N3CCC(C(=O)O)CC3)c2cc1C.Cc1cc2nc3c(=O)[nH]c(=O)nc-3n(CC(=O)N3CCC(C(=O)OC(C)(C)C)CC3)c2cc1C.Cc1cc2nc3c(=O)[nH]c(=O)nc-3n(CCNCc3cccc(N(C)C)c3)c2cc1C.Cc1cc2nc3c(=O)[nH]c(=O)nc-3n(CCNCc3ccccc3N3CCOCC3)c2cc1C. The van der Waals surface area contributed by atoms with E-state index in [1.54, 1.807) is 18.9 Å². The van der Waals surface area contributed by atoms with Gasteiger partial charge in [0.2, 0.25) is 11.8 Å². The molecular formula is C92H104N22O15. The number of carbonyl (C=O) groups excluding carboxylic acids is 3. The lowest BCUT2D eigenvalue weighted by Gasteiger charge is -2.33. The minimum absolute atomic E-state index is 0.00628. The first-order chi connectivity index (χ1) is 61.5. The van der Waals surface area contributed by atoms with E-state index in [1.165, 1.54) is 16.8 Å². The average molecular weight is 1760 g/mol. The number of ether oxygens (including phenoxy) is 2. The Balaban J connectivity index is 0.000000139. The lowest BCUT2D eigenvalue weighted by molar-refractivity contribution is -0.162. The van der Waals surface area contributed by atoms with Crippen molar-refractivity contribution in [2.24, 2.45) is 11.8 Å². The minimum atomic E-state index is -0.847. The van der Waals surface area contributed by atoms with Crippen LogP contribution in [0.4, 0.5) is 11.4 Å². The second kappa shape index (κ2) is 38.6. The molecule has 7 N–H and O–H groups in total. The molecule has 6 aromatic carbocycles. The van der Waals surface area contributed by atoms with Crippen molar-refractivity contribution in [3.8, 4) is 46.1 Å². The molecule has 17 rings (SSSR count). The van der Waals surface area contributed by atoms with Crippen molar-refractivity contribution in [1.82, 2.24) is 98.5 Å². The first kappa shape index (κ1) is 91.0. The van der Waals surface area contributed by atoms with Crippen LogP contribution in [0.3, 0.4) is 0 Å². The molecule has 11 aliphatic heterocycles. The van der Waals surface area contributed by atoms with Crippen LogP contribution in [-0.2, 0) is 67.9 Å². The van der Waals surface area contributed by atoms with Gasteiger partial charge < -0.3 is 63.1 Å². The summed E-state index contributed by atoms with van der Waals surface area (Å²) in [6, 6.07) is 32.2. The molecule has 0 atom stereocenters. The highest BCUT2D eigenvalue weighted by Crippen LogP contribution is 2.32. The fraction of sp³-hybridized carbons (Fsp3) is 0.391. The Labute approximate surface area is 738 Å². The van der Waals surface area contributed by atoms with Crippen LogP contribution >= 0.6 is 0 Å². The van der Waals surface area contributed by atoms with Crippen LogP contribution in [0, 0.1) is 67.2 Å². The Bertz CT molecular complexity index is 7040. The first-order valence-electron chi connectivity index (χ1n) is 42.8. The number of hydrogen-bond donors (Lipinski definition) is 7. The fourth-order valence-corrected chi connectivity index (χ4v) is 16.1. The zero-order chi connectivity index (χ0) is 92.1. The van der Waals surface area contributed by atoms with E-state index in [0.29, 0.717) is 136 Å². The van der Waals surface area contributed by atoms with Crippen molar-refractivity contribution in [1.29, 1.82) is 0 Å². The molecule has 0 radical (unpaired) electrons. The number of anilines is 2. The molecule has 0 saturated carbocycles. The summed E-state index contributed by atoms with van der Waals surface area (Å²) in [5, 5.41) is 16.1. The van der Waals surface area contributed by atoms with Crippen LogP contribution in [-0.4, -0.2) is 202 Å². The van der Waals surface area contributed by atoms with Gasteiger partial charge in [-0.15, -0.1) is 0 Å². The van der Waals surface area contributed by atoms with Crippen LogP contribution in [0.5, 0.6) is 0 Å². The Kier molecular flexibility index (Phi) is 27.2. The second-order valence-electron chi connectivity index (χ2n) is 34.1. The number of para-hydroxylation sites is 1. The number of carboxylic acid groups (broad SMARTS) is 1. The van der Waals surface area contributed by atoms with Gasteiger partial charge in [0.15, 0.2) is 46.1 Å². The van der Waals surface area contributed by atoms with E-state index >= 15 is 0 Å². The molecule has 129 heavy (non-hydrogen) atoms. The van der Waals surface area contributed by atoms with Gasteiger partial charge in [0, 0.05) is 104 Å². The van der Waals surface area contributed by atoms with Crippen molar-refractivity contribution in [2.45, 2.75) is 147 Å². The van der Waals surface area contributed by atoms with Crippen molar-refractivity contribution >= 4 is 79.3 Å². The predicted molar refractivity (Wildman–Crippen MR) is 488 cm³/mol. The van der Waals surface area contributed by atoms with Crippen LogP contribution < -0.4 is 65.4 Å². The number of likely N-dealkylation sites (tertiary alicyclic amines) is 2. The summed E-state index contributed by atoms with van der Waals surface area (Å²) in [6.45, 7) is 29.6. The summed E-state index contributed by atoms with van der Waals surface area (Å²) >= 11 is 0. The van der Waals surface area contributed by atoms with E-state index in [4.69, 9.17) is 14.6 Å². The number of hydrogen-bond acceptors (Lipinski definition) is 26. The number of H-pyrrole nitrogens is 4. The van der Waals surface area contributed by atoms with Gasteiger partial charge in [0.1, 0.15) is 18.7 Å². The Morgan fingerprint density at radius 3 is 1.19 bits per heavy atom. The highest BCUT2D eigenvalue weighted by molar-refractivity contribution is 5.88. The van der Waals surface area contributed by atoms with Crippen molar-refractivity contribution < 1.29 is 33.8 Å². The third kappa shape index (κ3) is 20.8. The molecule has 0 spiro atoms. The number of morpholine rings is 1. The summed E-state index contributed by atoms with van der Waals surface area (Å²) < 4.78 is 17.9. The minimum Gasteiger partial charge on any atom is -0.481 e. The van der Waals surface area contributed by atoms with Gasteiger partial charge in [-0.05, 0) is 224 Å². The van der Waals surface area contributed by atoms with E-state index in [9.17, 15) is 57.5 Å². The maximum absolute atomic E-state index is 13.3. The lowest BCUT2D eigenvalue weighted by atomic mass is 9.96. The number of aliphatic carboxylic acids is 1. The quantitative estimate of drug-likeness (QED) is 0.0286. The molecule has 3 fully saturated rings. The number of benzene rings is 6. The molecule has 2 amide bonds. The summed E-state index contributed by atoms with van der Waals surface area (Å²) in [6.07, 6.45) is 1.82. The van der Waals surface area contributed by atoms with E-state index in [1.807, 2.05) is 154 Å². The molecule has 0 aromatic heterocycles. The smallest absolute Gasteiger partial charge is 0.349 e. The van der Waals surface area contributed by atoms with Crippen molar-refractivity contribution in [3.05, 3.63) is 236 Å². The summed E-state index contributed by atoms with van der Waals surface area (Å²) in [4.78, 5) is 197. The molecule has 37 nitrogen and oxygen atoms in total. The molecule has 0 aliphatic carbocycles. The number of rotatable bonds is 18. The van der Waals surface area contributed by atoms with Crippen molar-refractivity contribution in [3.63, 3.8) is 0 Å². The number of nitrogens with one attached hydrogen (secondary N) is 6. The number of aromatic amines is 4. The normalized spacial score (nSPS) is 14.0. The first-order valence-corrected chi connectivity index (χ1v) is 42.8. The third-order valence-corrected chi connectivity index (χ3v) is 23.7. The molecule has 0 unspecified atom stereocenters. The lowest BCUT2D eigenvalue weighted by Crippen LogP contribution is -2.43. The standard InChI is InChI=1S/C25H28N6O3.C24H29N5O5.C23H26N6O2.C20H21N5O5/c1-16-13-19-21(14-17(16)2)31(23-22(27-19)24(32)29-25(33)28-23)8-7-26-15-18-5-3-4-6-20(18)30-9-11-34-12-10-30;1-13-10-16-17(11-14(13)2)29(20-19(25-16)21(31)27-23(33)26-20)12-18(30)28-8-6-15(7-9-28)22(32)34-24(3,4)5;1-14-10-18-19(11-15(14)2)29(21-20(25-18)22(30)27-23(31)26-21)9-8-24-13-16-6-5-7-17(12-16)28(3)4;1-10-7-13-14(8-11(10)2)25(17-16(21-13)18(27)23-20(30)22-17)9-15(26)24-5-3-12(4-6-24)19(28)29/h3-6,13-14,26H,7-12,15H2,1-2H3,(H,29,32,33);10-11,15H,6-9,12H2,1-5H3,(H,27,31,33);5-7,10-12,24H,8-9,13H2,1-4H3,(H,27,30,31);7-8,12H,3-6,9H2,1-2H3,(H,28,29)(H,23,27,30). The molecule has 11 heterocycles. The number of aromatic nitrogens is 16. The maximum atomic E-state index is 13.3. The highest BCUT2D eigenvalue weighted by Gasteiger charge is 2.34. The van der Waals surface area contributed by atoms with Gasteiger partial charge in [-0.25, -0.2) is 39.1 Å². The molecule has 6 aromatic rings. The zero-order valence-electron chi connectivity index (χ0n) is 74.4. The Hall–Kier alpha value is -14.2. The van der Waals surface area contributed by atoms with Crippen LogP contribution in [0.2, 0.25) is 0 Å². The second-order valence-corrected chi connectivity index (χ2v) is 34.1. The van der Waals surface area contributed by atoms with Crippen LogP contribution in [0.25, 0.3) is 90.2 Å². The number of fused-ring (bicyclic) bond motifs is 8. The summed E-state index contributed by atoms with van der Waals surface area (Å²) in [7, 11) is 4.04. The van der Waals surface area contributed by atoms with E-state index in [0.717, 1.165) is 87.5 Å². The monoisotopic (exact) mass is 1760 g/mol. The van der Waals surface area contributed by atoms with Gasteiger partial charge >= 0.3 is 34.7 Å². The number of aryl methyl sites for hydroxylation is 8. The molecule has 3 saturated heterocycles. The molecule has 0 bridgehead atoms. The molecular weight excluding hydrogens is 1650 g/mol. The van der Waals surface area contributed by atoms with E-state index in [2.05, 4.69) is 123 Å². The fourth-order valence-electron chi connectivity index (χ4n) is 16.1. The molecule has 37 heteroatoms. The predicted octanol–water partition coefficient (Wildman–Crippen LogP) is 6.19. The van der Waals surface area contributed by atoms with Gasteiger partial charge in [-0.3, -0.25) is 58.3 Å². The average Bonchev–Trinajstić information content (AvgIpc) is 0.761. The van der Waals surface area contributed by atoms with Crippen LogP contribution in [0.1, 0.15) is 102 Å². The molecule has 11 aliphatic rings. The highest BCUT2D eigenvalue weighted by atomic mass is 16.6. The molecule has 672 valence electrons. The number of carbonyl (C=O) groups is 4. The van der Waals surface area contributed by atoms with Gasteiger partial charge in [-0.1, -0.05) is 30.3 Å². The Morgan fingerprint density at radius 2 is 0.806 bits per heavy atom. The maximum Gasteiger partial charge on any atom is 0.349 e. The zero-order valence-corrected chi connectivity index (χ0v) is 74.4. The number of amides is 2. The topological polar surface area (TPSA) is 467 Å². The van der Waals surface area contributed by atoms with Gasteiger partial charge in [0.05, 0.1) is 69.2 Å². The summed E-state index contributed by atoms with van der Waals surface area (Å²) in [5.41, 5.74) is 13.0. The summed E-state index contributed by atoms with van der Waals surface area (Å²) in [5.74, 6) is -1.46. The third-order valence-electron chi connectivity index (χ3n) is 23.7. The number of piperidine rings is 2. The van der Waals surface area contributed by atoms with Gasteiger partial charge in [-0.2, -0.15) is 19.9 Å². The number of carboxylic acids is 1. The number of esters is 1. The largest absolute Gasteiger partial charge is 0.481 e. The van der Waals surface area contributed by atoms with E-state index in [-0.39, 0.29) is 71.2 Å². The van der Waals surface area contributed by atoms with E-state index < -0.39 is 62.5 Å². The van der Waals surface area contributed by atoms with Crippen LogP contribution in [0.15, 0.2) is 135 Å². The van der Waals surface area contributed by atoms with Crippen molar-refractivity contribution in [2.75, 3.05) is 89.5 Å².